The average Bonchev–Trinajstić information content (AvgIpc) is 3.10. The molecule has 0 bridgehead atoms. The zero-order valence-corrected chi connectivity index (χ0v) is 16.1. The summed E-state index contributed by atoms with van der Waals surface area (Å²) in [5.74, 6) is 0.301. The summed E-state index contributed by atoms with van der Waals surface area (Å²) in [6, 6.07) is 0. The van der Waals surface area contributed by atoms with E-state index in [2.05, 4.69) is 20.8 Å². The van der Waals surface area contributed by atoms with Crippen molar-refractivity contribution in [2.24, 2.45) is 28.6 Å². The van der Waals surface area contributed by atoms with Gasteiger partial charge in [0.05, 0.1) is 17.6 Å². The molecule has 3 fully saturated rings. The highest BCUT2D eigenvalue weighted by atomic mass is 16.6. The number of hydrogen-bond acceptors (Lipinski definition) is 4. The van der Waals surface area contributed by atoms with Crippen LogP contribution in [0.25, 0.3) is 0 Å². The number of hydrogen-bond donors (Lipinski definition) is 0. The molecule has 0 radical (unpaired) electrons. The molecule has 0 aromatic heterocycles. The van der Waals surface area contributed by atoms with E-state index in [1.54, 1.807) is 12.2 Å². The van der Waals surface area contributed by atoms with Gasteiger partial charge in [-0.1, -0.05) is 31.9 Å². The molecule has 4 heteroatoms. The zero-order chi connectivity index (χ0) is 18.4. The van der Waals surface area contributed by atoms with Gasteiger partial charge in [0.15, 0.2) is 5.78 Å². The Bertz CT molecular complexity index is 764. The second kappa shape index (κ2) is 5.09. The predicted molar refractivity (Wildman–Crippen MR) is 96.2 cm³/mol. The lowest BCUT2D eigenvalue weighted by molar-refractivity contribution is -0.202. The number of allylic oxidation sites excluding steroid dienone is 2. The molecular formula is C22H28O4. The van der Waals surface area contributed by atoms with Crippen LogP contribution in [0.4, 0.5) is 0 Å². The van der Waals surface area contributed by atoms with Gasteiger partial charge >= 0.3 is 5.97 Å². The summed E-state index contributed by atoms with van der Waals surface area (Å²) < 4.78 is 12.5. The number of esters is 1. The molecule has 2 saturated heterocycles. The van der Waals surface area contributed by atoms with Gasteiger partial charge in [-0.15, -0.1) is 0 Å². The van der Waals surface area contributed by atoms with E-state index in [9.17, 15) is 9.59 Å². The van der Waals surface area contributed by atoms with Crippen molar-refractivity contribution in [3.05, 3.63) is 23.3 Å². The highest BCUT2D eigenvalue weighted by molar-refractivity contribution is 6.00. The summed E-state index contributed by atoms with van der Waals surface area (Å²) in [6.45, 7) is 8.43. The van der Waals surface area contributed by atoms with E-state index in [4.69, 9.17) is 9.47 Å². The van der Waals surface area contributed by atoms with Gasteiger partial charge in [-0.25, -0.2) is 0 Å². The molecule has 5 aliphatic rings. The quantitative estimate of drug-likeness (QED) is 0.532. The molecular weight excluding hydrogens is 328 g/mol. The number of carbonyl (C=O) groups is 2. The van der Waals surface area contributed by atoms with Crippen LogP contribution in [0.1, 0.15) is 53.4 Å². The maximum Gasteiger partial charge on any atom is 0.316 e. The summed E-state index contributed by atoms with van der Waals surface area (Å²) >= 11 is 0. The van der Waals surface area contributed by atoms with Crippen molar-refractivity contribution in [1.82, 2.24) is 0 Å². The van der Waals surface area contributed by atoms with Crippen LogP contribution in [0.2, 0.25) is 0 Å². The molecule has 5 rings (SSSR count). The number of rotatable bonds is 1. The maximum atomic E-state index is 13.1. The lowest BCUT2D eigenvalue weighted by Gasteiger charge is -2.58. The molecule has 3 aliphatic carbocycles. The standard InChI is InChI=1S/C22H28O4/c1-5-14-13-10-12-11(2)6-7-15(12)25-17(13)18-19-21(3,20(24)26-18)9-8-16(23)22(14,19)4/h8-9,13-15,17-19H,5-7,10H2,1-4H3/t13-,14-,15-,17-,18-,19-,21+,22-/m0/s1. The Balaban J connectivity index is 1.67. The topological polar surface area (TPSA) is 52.6 Å². The van der Waals surface area contributed by atoms with Gasteiger partial charge in [0.2, 0.25) is 0 Å². The molecule has 2 aliphatic heterocycles. The molecule has 26 heavy (non-hydrogen) atoms. The van der Waals surface area contributed by atoms with Gasteiger partial charge in [0.1, 0.15) is 6.10 Å². The van der Waals surface area contributed by atoms with E-state index < -0.39 is 10.8 Å². The number of ketones is 1. The average molecular weight is 356 g/mol. The molecule has 140 valence electrons. The highest BCUT2D eigenvalue weighted by Gasteiger charge is 2.72. The Morgan fingerprint density at radius 3 is 2.73 bits per heavy atom. The Morgan fingerprint density at radius 1 is 1.23 bits per heavy atom. The lowest BCUT2D eigenvalue weighted by atomic mass is 9.45. The second-order valence-corrected chi connectivity index (χ2v) is 9.43. The Morgan fingerprint density at radius 2 is 2.00 bits per heavy atom. The summed E-state index contributed by atoms with van der Waals surface area (Å²) in [4.78, 5) is 26.0. The van der Waals surface area contributed by atoms with E-state index in [0.717, 1.165) is 25.7 Å². The lowest BCUT2D eigenvalue weighted by Crippen LogP contribution is -2.64. The van der Waals surface area contributed by atoms with Crippen molar-refractivity contribution in [2.75, 3.05) is 0 Å². The van der Waals surface area contributed by atoms with E-state index in [0.29, 0.717) is 0 Å². The van der Waals surface area contributed by atoms with Gasteiger partial charge in [0, 0.05) is 11.3 Å². The van der Waals surface area contributed by atoms with Gasteiger partial charge in [-0.05, 0) is 56.6 Å². The van der Waals surface area contributed by atoms with E-state index in [1.807, 2.05) is 6.92 Å². The first kappa shape index (κ1) is 16.7. The third-order valence-corrected chi connectivity index (χ3v) is 8.38. The minimum atomic E-state index is -0.712. The maximum absolute atomic E-state index is 13.1. The second-order valence-electron chi connectivity index (χ2n) is 9.43. The highest BCUT2D eigenvalue weighted by Crippen LogP contribution is 2.65. The minimum absolute atomic E-state index is 0.0808. The first-order valence-electron chi connectivity index (χ1n) is 10.1. The van der Waals surface area contributed by atoms with Gasteiger partial charge in [-0.2, -0.15) is 0 Å². The minimum Gasteiger partial charge on any atom is -0.459 e. The number of ether oxygens (including phenoxy) is 2. The molecule has 4 nitrogen and oxygen atoms in total. The van der Waals surface area contributed by atoms with Crippen molar-refractivity contribution in [3.8, 4) is 0 Å². The molecule has 8 atom stereocenters. The van der Waals surface area contributed by atoms with Crippen LogP contribution in [0.3, 0.4) is 0 Å². The largest absolute Gasteiger partial charge is 0.459 e. The molecule has 0 unspecified atom stereocenters. The summed E-state index contributed by atoms with van der Waals surface area (Å²) in [5.41, 5.74) is 1.63. The molecule has 0 amide bonds. The van der Waals surface area contributed by atoms with Crippen molar-refractivity contribution in [3.63, 3.8) is 0 Å². The monoisotopic (exact) mass is 356 g/mol. The summed E-state index contributed by atoms with van der Waals surface area (Å²) in [6.07, 6.45) is 7.29. The Kier molecular flexibility index (Phi) is 3.28. The van der Waals surface area contributed by atoms with Crippen molar-refractivity contribution < 1.29 is 19.1 Å². The fourth-order valence-corrected chi connectivity index (χ4v) is 7.11. The zero-order valence-electron chi connectivity index (χ0n) is 16.1. The number of fused-ring (bicyclic) bond motifs is 3. The third-order valence-electron chi connectivity index (χ3n) is 8.38. The fourth-order valence-electron chi connectivity index (χ4n) is 7.11. The molecule has 2 heterocycles. The van der Waals surface area contributed by atoms with Crippen molar-refractivity contribution in [2.45, 2.75) is 71.7 Å². The van der Waals surface area contributed by atoms with Crippen LogP contribution in [0, 0.1) is 28.6 Å². The van der Waals surface area contributed by atoms with E-state index >= 15 is 0 Å². The SMILES string of the molecule is CC[C@H]1[C@@H]2CC3=C(C)CC[C@@H]3O[C@@H]2[C@@H]2OC(=O)[C@]3(C)C=CC(=O)[C@@]1(C)[C@@H]23. The Labute approximate surface area is 155 Å². The van der Waals surface area contributed by atoms with E-state index in [-0.39, 0.29) is 47.8 Å². The molecule has 0 aromatic rings. The number of carbonyl (C=O) groups excluding carboxylic acids is 2. The first-order chi connectivity index (χ1) is 12.3. The van der Waals surface area contributed by atoms with Crippen LogP contribution in [-0.4, -0.2) is 30.1 Å². The van der Waals surface area contributed by atoms with E-state index in [1.165, 1.54) is 11.1 Å². The van der Waals surface area contributed by atoms with Gasteiger partial charge in [0.25, 0.3) is 0 Å². The van der Waals surface area contributed by atoms with Crippen molar-refractivity contribution in [1.29, 1.82) is 0 Å². The molecule has 0 aromatic carbocycles. The van der Waals surface area contributed by atoms with Crippen LogP contribution in [0.5, 0.6) is 0 Å². The van der Waals surface area contributed by atoms with Crippen molar-refractivity contribution >= 4 is 11.8 Å². The summed E-state index contributed by atoms with van der Waals surface area (Å²) in [5, 5.41) is 0. The third kappa shape index (κ3) is 1.75. The normalized spacial score (nSPS) is 51.8. The first-order valence-corrected chi connectivity index (χ1v) is 10.1. The van der Waals surface area contributed by atoms with Gasteiger partial charge < -0.3 is 9.47 Å². The summed E-state index contributed by atoms with van der Waals surface area (Å²) in [7, 11) is 0. The molecule has 0 N–H and O–H groups in total. The van der Waals surface area contributed by atoms with Crippen LogP contribution >= 0.6 is 0 Å². The Hall–Kier alpha value is -1.42. The smallest absolute Gasteiger partial charge is 0.316 e. The van der Waals surface area contributed by atoms with Gasteiger partial charge in [-0.3, -0.25) is 9.59 Å². The van der Waals surface area contributed by atoms with Crippen LogP contribution in [-0.2, 0) is 19.1 Å². The predicted octanol–water partition coefficient (Wildman–Crippen LogP) is 3.60. The van der Waals surface area contributed by atoms with Crippen LogP contribution < -0.4 is 0 Å². The molecule has 1 saturated carbocycles. The van der Waals surface area contributed by atoms with Crippen LogP contribution in [0.15, 0.2) is 23.3 Å². The molecule has 0 spiro atoms. The fraction of sp³-hybridized carbons (Fsp3) is 0.727.